The molecule has 104 valence electrons. The van der Waals surface area contributed by atoms with Gasteiger partial charge >= 0.3 is 0 Å². The van der Waals surface area contributed by atoms with Crippen molar-refractivity contribution in [3.05, 3.63) is 29.3 Å². The smallest absolute Gasteiger partial charge is 0.243 e. The molecule has 1 aromatic rings. The highest BCUT2D eigenvalue weighted by atomic mass is 32.2. The summed E-state index contributed by atoms with van der Waals surface area (Å²) in [6.45, 7) is 0.759. The summed E-state index contributed by atoms with van der Waals surface area (Å²) in [4.78, 5) is 0.0217. The van der Waals surface area contributed by atoms with Gasteiger partial charge in [0, 0.05) is 13.1 Å². The first-order valence-corrected chi connectivity index (χ1v) is 7.14. The molecule has 0 saturated carbocycles. The van der Waals surface area contributed by atoms with Crippen molar-refractivity contribution in [2.24, 2.45) is 0 Å². The van der Waals surface area contributed by atoms with Gasteiger partial charge < -0.3 is 10.2 Å². The lowest BCUT2D eigenvalue weighted by Crippen LogP contribution is -2.36. The molecule has 0 saturated heterocycles. The van der Waals surface area contributed by atoms with Gasteiger partial charge in [-0.25, -0.2) is 8.42 Å². The Morgan fingerprint density at radius 1 is 1.26 bits per heavy atom. The minimum absolute atomic E-state index is 0.0217. The molecule has 0 bridgehead atoms. The van der Waals surface area contributed by atoms with Crippen molar-refractivity contribution in [3.8, 4) is 6.07 Å². The van der Waals surface area contributed by atoms with Crippen molar-refractivity contribution in [2.45, 2.75) is 11.8 Å². The van der Waals surface area contributed by atoms with Crippen LogP contribution in [0.1, 0.15) is 11.1 Å². The molecule has 1 aromatic carbocycles. The van der Waals surface area contributed by atoms with Gasteiger partial charge in [-0.15, -0.1) is 0 Å². The number of nitriles is 1. The average molecular weight is 284 g/mol. The normalized spacial score (nSPS) is 11.5. The van der Waals surface area contributed by atoms with Crippen LogP contribution in [0.4, 0.5) is 0 Å². The fourth-order valence-electron chi connectivity index (χ4n) is 1.66. The number of benzene rings is 1. The van der Waals surface area contributed by atoms with E-state index < -0.39 is 10.0 Å². The number of aryl methyl sites for hydroxylation is 1. The van der Waals surface area contributed by atoms with Gasteiger partial charge in [-0.1, -0.05) is 6.07 Å². The van der Waals surface area contributed by atoms with Gasteiger partial charge in [0.05, 0.1) is 29.7 Å². The molecular formula is C12H16N2O4S. The zero-order valence-electron chi connectivity index (χ0n) is 10.6. The lowest BCUT2D eigenvalue weighted by molar-refractivity contribution is 0.217. The van der Waals surface area contributed by atoms with E-state index in [0.717, 1.165) is 4.31 Å². The number of hydrogen-bond donors (Lipinski definition) is 2. The third kappa shape index (κ3) is 3.52. The molecule has 0 radical (unpaired) electrons. The van der Waals surface area contributed by atoms with Gasteiger partial charge in [-0.05, 0) is 24.6 Å². The molecule has 0 aromatic heterocycles. The largest absolute Gasteiger partial charge is 0.395 e. The molecule has 2 N–H and O–H groups in total. The fourth-order valence-corrected chi connectivity index (χ4v) is 3.33. The Morgan fingerprint density at radius 3 is 2.32 bits per heavy atom. The number of aliphatic hydroxyl groups is 2. The summed E-state index contributed by atoms with van der Waals surface area (Å²) in [6, 6.07) is 6.28. The first-order valence-electron chi connectivity index (χ1n) is 5.70. The van der Waals surface area contributed by atoms with Crippen molar-refractivity contribution >= 4 is 10.0 Å². The van der Waals surface area contributed by atoms with E-state index in [9.17, 15) is 8.42 Å². The van der Waals surface area contributed by atoms with Gasteiger partial charge in [-0.3, -0.25) is 0 Å². The lowest BCUT2D eigenvalue weighted by Gasteiger charge is -2.21. The Morgan fingerprint density at radius 2 is 1.84 bits per heavy atom. The number of rotatable bonds is 6. The maximum absolute atomic E-state index is 12.4. The molecule has 0 aliphatic heterocycles. The molecule has 7 heteroatoms. The van der Waals surface area contributed by atoms with Gasteiger partial charge in [0.1, 0.15) is 0 Å². The van der Waals surface area contributed by atoms with Gasteiger partial charge in [0.15, 0.2) is 0 Å². The van der Waals surface area contributed by atoms with E-state index in [0.29, 0.717) is 5.56 Å². The summed E-state index contributed by atoms with van der Waals surface area (Å²) in [7, 11) is -3.83. The zero-order chi connectivity index (χ0) is 14.5. The summed E-state index contributed by atoms with van der Waals surface area (Å²) in [5, 5.41) is 26.6. The number of aliphatic hydroxyl groups excluding tert-OH is 2. The quantitative estimate of drug-likeness (QED) is 0.756. The van der Waals surface area contributed by atoms with Crippen LogP contribution in [-0.2, 0) is 10.0 Å². The van der Waals surface area contributed by atoms with Crippen LogP contribution in [0.25, 0.3) is 0 Å². The van der Waals surface area contributed by atoms with E-state index >= 15 is 0 Å². The summed E-state index contributed by atoms with van der Waals surface area (Å²) in [6.07, 6.45) is 0. The van der Waals surface area contributed by atoms with Crippen LogP contribution in [0.3, 0.4) is 0 Å². The average Bonchev–Trinajstić information content (AvgIpc) is 2.39. The zero-order valence-corrected chi connectivity index (χ0v) is 11.4. The number of nitrogens with zero attached hydrogens (tertiary/aromatic N) is 2. The van der Waals surface area contributed by atoms with E-state index in [1.165, 1.54) is 12.1 Å². The summed E-state index contributed by atoms with van der Waals surface area (Å²) in [5.74, 6) is 0. The minimum Gasteiger partial charge on any atom is -0.395 e. The predicted octanol–water partition coefficient (Wildman–Crippen LogP) is -0.158. The molecular weight excluding hydrogens is 268 g/mol. The maximum Gasteiger partial charge on any atom is 0.243 e. The minimum atomic E-state index is -3.83. The third-order valence-corrected chi connectivity index (χ3v) is 4.67. The SMILES string of the molecule is Cc1ccc(C#N)cc1S(=O)(=O)N(CCO)CCO. The fraction of sp³-hybridized carbons (Fsp3) is 0.417. The molecule has 1 rings (SSSR count). The highest BCUT2D eigenvalue weighted by molar-refractivity contribution is 7.89. The Balaban J connectivity index is 3.28. The Hall–Kier alpha value is -1.46. The van der Waals surface area contributed by atoms with E-state index in [1.807, 2.05) is 6.07 Å². The predicted molar refractivity (Wildman–Crippen MR) is 68.8 cm³/mol. The van der Waals surface area contributed by atoms with E-state index in [-0.39, 0.29) is 36.8 Å². The van der Waals surface area contributed by atoms with Crippen LogP contribution < -0.4 is 0 Å². The Bertz CT molecular complexity index is 572. The highest BCUT2D eigenvalue weighted by Gasteiger charge is 2.25. The van der Waals surface area contributed by atoms with Gasteiger partial charge in [0.2, 0.25) is 10.0 Å². The highest BCUT2D eigenvalue weighted by Crippen LogP contribution is 2.21. The molecule has 0 aliphatic carbocycles. The molecule has 0 heterocycles. The van der Waals surface area contributed by atoms with Crippen molar-refractivity contribution in [3.63, 3.8) is 0 Å². The molecule has 6 nitrogen and oxygen atoms in total. The molecule has 19 heavy (non-hydrogen) atoms. The van der Waals surface area contributed by atoms with Crippen LogP contribution >= 0.6 is 0 Å². The van der Waals surface area contributed by atoms with Crippen molar-refractivity contribution in [1.29, 1.82) is 5.26 Å². The van der Waals surface area contributed by atoms with E-state index in [1.54, 1.807) is 13.0 Å². The number of sulfonamides is 1. The first-order chi connectivity index (χ1) is 8.97. The van der Waals surface area contributed by atoms with E-state index in [2.05, 4.69) is 0 Å². The van der Waals surface area contributed by atoms with Crippen LogP contribution in [-0.4, -0.2) is 49.2 Å². The molecule has 0 amide bonds. The molecule has 0 atom stereocenters. The first kappa shape index (κ1) is 15.6. The lowest BCUT2D eigenvalue weighted by atomic mass is 10.2. The molecule has 0 unspecified atom stereocenters. The summed E-state index contributed by atoms with van der Waals surface area (Å²) in [5.41, 5.74) is 0.761. The summed E-state index contributed by atoms with van der Waals surface area (Å²) < 4.78 is 25.8. The second-order valence-electron chi connectivity index (χ2n) is 3.94. The van der Waals surface area contributed by atoms with Crippen LogP contribution in [0.15, 0.2) is 23.1 Å². The van der Waals surface area contributed by atoms with E-state index in [4.69, 9.17) is 15.5 Å². The van der Waals surface area contributed by atoms with Crippen LogP contribution in [0.2, 0.25) is 0 Å². The molecule has 0 aliphatic rings. The monoisotopic (exact) mass is 284 g/mol. The van der Waals surface area contributed by atoms with Crippen molar-refractivity contribution < 1.29 is 18.6 Å². The second kappa shape index (κ2) is 6.63. The topological polar surface area (TPSA) is 102 Å². The second-order valence-corrected chi connectivity index (χ2v) is 5.85. The molecule has 0 fully saturated rings. The maximum atomic E-state index is 12.4. The Labute approximate surface area is 112 Å². The third-order valence-electron chi connectivity index (χ3n) is 2.63. The van der Waals surface area contributed by atoms with Crippen molar-refractivity contribution in [1.82, 2.24) is 4.31 Å². The standard InChI is InChI=1S/C12H16N2O4S/c1-10-2-3-11(9-13)8-12(10)19(17,18)14(4-6-15)5-7-16/h2-3,8,15-16H,4-7H2,1H3. The summed E-state index contributed by atoms with van der Waals surface area (Å²) >= 11 is 0. The molecule has 0 spiro atoms. The van der Waals surface area contributed by atoms with Gasteiger partial charge in [-0.2, -0.15) is 9.57 Å². The van der Waals surface area contributed by atoms with Crippen LogP contribution in [0, 0.1) is 18.3 Å². The number of hydrogen-bond acceptors (Lipinski definition) is 5. The van der Waals surface area contributed by atoms with Gasteiger partial charge in [0.25, 0.3) is 0 Å². The Kier molecular flexibility index (Phi) is 5.44. The van der Waals surface area contributed by atoms with Crippen molar-refractivity contribution in [2.75, 3.05) is 26.3 Å². The van der Waals surface area contributed by atoms with Crippen LogP contribution in [0.5, 0.6) is 0 Å².